The van der Waals surface area contributed by atoms with Gasteiger partial charge >= 0.3 is 0 Å². The van der Waals surface area contributed by atoms with E-state index < -0.39 is 0 Å². The predicted octanol–water partition coefficient (Wildman–Crippen LogP) is 5.33. The Labute approximate surface area is 174 Å². The van der Waals surface area contributed by atoms with Crippen molar-refractivity contribution in [1.29, 1.82) is 0 Å². The fourth-order valence-electron chi connectivity index (χ4n) is 3.20. The molecule has 8 heteroatoms. The molecule has 3 aromatic heterocycles. The lowest BCUT2D eigenvalue weighted by Gasteiger charge is -2.18. The molecule has 1 atom stereocenters. The quantitative estimate of drug-likeness (QED) is 0.418. The number of nitrogens with zero attached hydrogens (tertiary/aromatic N) is 4. The maximum atomic E-state index is 13.8. The topological polar surface area (TPSA) is 55.1 Å². The van der Waals surface area contributed by atoms with Gasteiger partial charge in [-0.05, 0) is 54.1 Å². The van der Waals surface area contributed by atoms with Crippen LogP contribution < -0.4 is 5.32 Å². The molecule has 0 aliphatic heterocycles. The summed E-state index contributed by atoms with van der Waals surface area (Å²) < 4.78 is 28.7. The van der Waals surface area contributed by atoms with Crippen LogP contribution in [-0.4, -0.2) is 19.6 Å². The lowest BCUT2D eigenvalue weighted by atomic mass is 10.0. The number of halogens is 2. The van der Waals surface area contributed by atoms with E-state index in [1.165, 1.54) is 35.6 Å². The lowest BCUT2D eigenvalue weighted by Crippen LogP contribution is -2.14. The Morgan fingerprint density at radius 1 is 0.933 bits per heavy atom. The van der Waals surface area contributed by atoms with Gasteiger partial charge in [0.1, 0.15) is 11.6 Å². The summed E-state index contributed by atoms with van der Waals surface area (Å²) >= 11 is 1.37. The van der Waals surface area contributed by atoms with Crippen LogP contribution in [-0.2, 0) is 0 Å². The summed E-state index contributed by atoms with van der Waals surface area (Å²) in [5, 5.41) is 8.53. The van der Waals surface area contributed by atoms with Gasteiger partial charge in [0.2, 0.25) is 10.1 Å². The number of aromatic nitrogens is 4. The molecule has 1 N–H and O–H groups in total. The molecule has 0 aliphatic carbocycles. The fourth-order valence-corrected chi connectivity index (χ4v) is 4.01. The maximum Gasteiger partial charge on any atom is 0.214 e. The molecule has 0 saturated heterocycles. The number of hydrogen-bond donors (Lipinski definition) is 1. The first-order chi connectivity index (χ1) is 14.7. The maximum absolute atomic E-state index is 13.8. The van der Waals surface area contributed by atoms with Crippen LogP contribution in [0.25, 0.3) is 16.2 Å². The van der Waals surface area contributed by atoms with Gasteiger partial charge < -0.3 is 5.32 Å². The number of fused-ring (bicyclic) bond motifs is 1. The van der Waals surface area contributed by atoms with E-state index in [1.54, 1.807) is 35.1 Å². The van der Waals surface area contributed by atoms with Crippen LogP contribution in [0.5, 0.6) is 0 Å². The Bertz CT molecular complexity index is 1270. The minimum Gasteiger partial charge on any atom is -0.348 e. The van der Waals surface area contributed by atoms with Crippen molar-refractivity contribution in [2.45, 2.75) is 6.04 Å². The average Bonchev–Trinajstić information content (AvgIpc) is 3.32. The van der Waals surface area contributed by atoms with Crippen LogP contribution in [0.4, 0.5) is 13.9 Å². The van der Waals surface area contributed by atoms with Crippen molar-refractivity contribution in [3.8, 4) is 11.3 Å². The van der Waals surface area contributed by atoms with Crippen LogP contribution in [0.15, 0.2) is 79.1 Å². The van der Waals surface area contributed by atoms with E-state index >= 15 is 0 Å². The Hall–Kier alpha value is -3.65. The third-order valence-corrected chi connectivity index (χ3v) is 5.47. The monoisotopic (exact) mass is 419 g/mol. The molecule has 0 radical (unpaired) electrons. The summed E-state index contributed by atoms with van der Waals surface area (Å²) in [4.78, 5) is 9.69. The number of pyridine rings is 1. The molecule has 0 aliphatic rings. The molecule has 5 rings (SSSR count). The van der Waals surface area contributed by atoms with E-state index in [9.17, 15) is 8.78 Å². The number of imidazole rings is 1. The number of benzene rings is 2. The van der Waals surface area contributed by atoms with Crippen LogP contribution >= 0.6 is 11.3 Å². The van der Waals surface area contributed by atoms with Gasteiger partial charge in [0, 0.05) is 11.8 Å². The largest absolute Gasteiger partial charge is 0.348 e. The molecule has 1 unspecified atom stereocenters. The van der Waals surface area contributed by atoms with E-state index in [4.69, 9.17) is 0 Å². The highest BCUT2D eigenvalue weighted by atomic mass is 32.1. The SMILES string of the molecule is Fc1ccc(-c2cn3nc(NC(c4cccc(F)c4)c4ccccn4)sc3n2)cc1. The number of anilines is 1. The van der Waals surface area contributed by atoms with Gasteiger partial charge in [0.25, 0.3) is 0 Å². The second kappa shape index (κ2) is 7.64. The zero-order valence-corrected chi connectivity index (χ0v) is 16.4. The van der Waals surface area contributed by atoms with Crippen molar-refractivity contribution >= 4 is 21.4 Å². The smallest absolute Gasteiger partial charge is 0.214 e. The van der Waals surface area contributed by atoms with E-state index in [0.29, 0.717) is 15.8 Å². The Kier molecular flexibility index (Phi) is 4.68. The Morgan fingerprint density at radius 2 is 1.80 bits per heavy atom. The van der Waals surface area contributed by atoms with E-state index in [-0.39, 0.29) is 17.7 Å². The van der Waals surface area contributed by atoms with Crippen molar-refractivity contribution in [1.82, 2.24) is 19.6 Å². The zero-order valence-electron chi connectivity index (χ0n) is 15.5. The molecule has 0 bridgehead atoms. The Balaban J connectivity index is 1.47. The number of rotatable bonds is 5. The van der Waals surface area contributed by atoms with E-state index in [1.807, 2.05) is 24.3 Å². The van der Waals surface area contributed by atoms with E-state index in [0.717, 1.165) is 16.8 Å². The van der Waals surface area contributed by atoms with Crippen LogP contribution in [0, 0.1) is 11.6 Å². The van der Waals surface area contributed by atoms with Crippen molar-refractivity contribution in [3.05, 3.63) is 102 Å². The van der Waals surface area contributed by atoms with Gasteiger partial charge in [0.15, 0.2) is 0 Å². The zero-order chi connectivity index (χ0) is 20.5. The van der Waals surface area contributed by atoms with Gasteiger partial charge in [0.05, 0.1) is 23.6 Å². The highest BCUT2D eigenvalue weighted by Gasteiger charge is 2.19. The van der Waals surface area contributed by atoms with Crippen LogP contribution in [0.2, 0.25) is 0 Å². The molecule has 148 valence electrons. The third-order valence-electron chi connectivity index (χ3n) is 4.62. The number of hydrogen-bond acceptors (Lipinski definition) is 5. The summed E-state index contributed by atoms with van der Waals surface area (Å²) in [6.07, 6.45) is 3.50. The van der Waals surface area contributed by atoms with Crippen molar-refractivity contribution in [2.75, 3.05) is 5.32 Å². The van der Waals surface area contributed by atoms with Crippen LogP contribution in [0.1, 0.15) is 17.3 Å². The van der Waals surface area contributed by atoms with Crippen molar-refractivity contribution < 1.29 is 8.78 Å². The summed E-state index contributed by atoms with van der Waals surface area (Å²) in [7, 11) is 0. The lowest BCUT2D eigenvalue weighted by molar-refractivity contribution is 0.624. The molecule has 0 spiro atoms. The van der Waals surface area contributed by atoms with Gasteiger partial charge in [-0.3, -0.25) is 4.98 Å². The molecule has 2 aromatic carbocycles. The van der Waals surface area contributed by atoms with E-state index in [2.05, 4.69) is 20.4 Å². The second-order valence-corrected chi connectivity index (χ2v) is 7.61. The molecule has 0 amide bonds. The predicted molar refractivity (Wildman–Crippen MR) is 112 cm³/mol. The molecule has 0 saturated carbocycles. The standard InChI is InChI=1S/C22H15F2N5S/c23-16-9-7-14(8-10-16)19-13-29-22(26-19)30-21(28-29)27-20(18-6-1-2-11-25-18)15-4-3-5-17(24)12-15/h1-13,20H,(H,27,28). The van der Waals surface area contributed by atoms with Crippen molar-refractivity contribution in [3.63, 3.8) is 0 Å². The first-order valence-corrected chi connectivity index (χ1v) is 10.0. The highest BCUT2D eigenvalue weighted by Crippen LogP contribution is 2.30. The molecule has 30 heavy (non-hydrogen) atoms. The second-order valence-electron chi connectivity index (χ2n) is 6.65. The molecular weight excluding hydrogens is 404 g/mol. The van der Waals surface area contributed by atoms with Crippen LogP contribution in [0.3, 0.4) is 0 Å². The van der Waals surface area contributed by atoms with Gasteiger partial charge in [-0.25, -0.2) is 18.3 Å². The Morgan fingerprint density at radius 3 is 2.53 bits per heavy atom. The van der Waals surface area contributed by atoms with Gasteiger partial charge in [-0.1, -0.05) is 29.5 Å². The molecule has 3 heterocycles. The molecule has 0 fully saturated rings. The normalized spacial score (nSPS) is 12.2. The fraction of sp³-hybridized carbons (Fsp3) is 0.0455. The summed E-state index contributed by atoms with van der Waals surface area (Å²) in [6, 6.07) is 17.8. The highest BCUT2D eigenvalue weighted by molar-refractivity contribution is 7.20. The third kappa shape index (κ3) is 3.65. The first kappa shape index (κ1) is 18.4. The average molecular weight is 419 g/mol. The van der Waals surface area contributed by atoms with Gasteiger partial charge in [-0.15, -0.1) is 5.10 Å². The molecule has 5 aromatic rings. The number of nitrogens with one attached hydrogen (secondary N) is 1. The molecule has 5 nitrogen and oxygen atoms in total. The summed E-state index contributed by atoms with van der Waals surface area (Å²) in [5.41, 5.74) is 3.03. The van der Waals surface area contributed by atoms with Crippen molar-refractivity contribution in [2.24, 2.45) is 0 Å². The minimum atomic E-state index is -0.366. The summed E-state index contributed by atoms with van der Waals surface area (Å²) in [6.45, 7) is 0. The minimum absolute atomic E-state index is 0.290. The molecular formula is C22H15F2N5S. The first-order valence-electron chi connectivity index (χ1n) is 9.21. The van der Waals surface area contributed by atoms with Gasteiger partial charge in [-0.2, -0.15) is 0 Å². The summed E-state index contributed by atoms with van der Waals surface area (Å²) in [5.74, 6) is -0.601.